The molecule has 0 radical (unpaired) electrons. The summed E-state index contributed by atoms with van der Waals surface area (Å²) in [7, 11) is 1.60. The van der Waals surface area contributed by atoms with Crippen molar-refractivity contribution >= 4 is 22.8 Å². The second-order valence-corrected chi connectivity index (χ2v) is 8.68. The van der Waals surface area contributed by atoms with Gasteiger partial charge in [0, 0.05) is 32.6 Å². The number of benzene rings is 2. The van der Waals surface area contributed by atoms with E-state index in [1.54, 1.807) is 7.11 Å². The van der Waals surface area contributed by atoms with Crippen LogP contribution in [0, 0.1) is 0 Å². The van der Waals surface area contributed by atoms with Gasteiger partial charge in [-0.1, -0.05) is 37.3 Å². The maximum absolute atomic E-state index is 13.3. The predicted molar refractivity (Wildman–Crippen MR) is 136 cm³/mol. The van der Waals surface area contributed by atoms with E-state index < -0.39 is 0 Å². The SMILES string of the molecule is CCCc1nc(N2CCCN(C(=O)c3ccccc3OC)CC2)c2cnn(-c3ccccc3)c2n1. The summed E-state index contributed by atoms with van der Waals surface area (Å²) in [5, 5.41) is 5.59. The molecule has 1 fully saturated rings. The summed E-state index contributed by atoms with van der Waals surface area (Å²) >= 11 is 0. The van der Waals surface area contributed by atoms with Crippen molar-refractivity contribution in [3.63, 3.8) is 0 Å². The molecule has 180 valence electrons. The monoisotopic (exact) mass is 470 g/mol. The maximum atomic E-state index is 13.3. The number of carbonyl (C=O) groups excluding carboxylic acids is 1. The fraction of sp³-hybridized carbons (Fsp3) is 0.333. The first kappa shape index (κ1) is 22.8. The molecule has 2 aromatic carbocycles. The van der Waals surface area contributed by atoms with Crippen molar-refractivity contribution in [2.45, 2.75) is 26.2 Å². The van der Waals surface area contributed by atoms with Crippen LogP contribution in [0.5, 0.6) is 5.75 Å². The summed E-state index contributed by atoms with van der Waals surface area (Å²) in [6, 6.07) is 17.5. The Labute approximate surface area is 205 Å². The number of aryl methyl sites for hydroxylation is 1. The number of carbonyl (C=O) groups is 1. The molecular formula is C27H30N6O2. The van der Waals surface area contributed by atoms with Gasteiger partial charge in [-0.25, -0.2) is 14.6 Å². The zero-order chi connectivity index (χ0) is 24.2. The van der Waals surface area contributed by atoms with Gasteiger partial charge in [-0.2, -0.15) is 5.10 Å². The first-order valence-corrected chi connectivity index (χ1v) is 12.2. The van der Waals surface area contributed by atoms with Crippen molar-refractivity contribution in [3.8, 4) is 11.4 Å². The zero-order valence-corrected chi connectivity index (χ0v) is 20.2. The Balaban J connectivity index is 1.45. The van der Waals surface area contributed by atoms with Crippen LogP contribution >= 0.6 is 0 Å². The molecule has 1 amide bonds. The number of aromatic nitrogens is 4. The minimum atomic E-state index is 0.000652. The number of nitrogens with zero attached hydrogens (tertiary/aromatic N) is 6. The van der Waals surface area contributed by atoms with Gasteiger partial charge in [-0.15, -0.1) is 0 Å². The fourth-order valence-corrected chi connectivity index (χ4v) is 4.60. The molecule has 1 aliphatic heterocycles. The number of rotatable bonds is 6. The summed E-state index contributed by atoms with van der Waals surface area (Å²) in [6.45, 7) is 4.93. The van der Waals surface area contributed by atoms with Crippen LogP contribution in [0.4, 0.5) is 5.82 Å². The summed E-state index contributed by atoms with van der Waals surface area (Å²) in [4.78, 5) is 27.3. The van der Waals surface area contributed by atoms with Crippen LogP contribution in [0.15, 0.2) is 60.8 Å². The van der Waals surface area contributed by atoms with Gasteiger partial charge in [-0.3, -0.25) is 4.79 Å². The summed E-state index contributed by atoms with van der Waals surface area (Å²) in [5.74, 6) is 2.32. The molecule has 1 aliphatic rings. The number of anilines is 1. The van der Waals surface area contributed by atoms with Crippen molar-refractivity contribution < 1.29 is 9.53 Å². The van der Waals surface area contributed by atoms with Crippen molar-refractivity contribution in [3.05, 3.63) is 72.2 Å². The Kier molecular flexibility index (Phi) is 6.61. The van der Waals surface area contributed by atoms with E-state index in [0.29, 0.717) is 30.9 Å². The molecule has 2 aromatic heterocycles. The molecule has 1 saturated heterocycles. The normalized spacial score (nSPS) is 14.2. The van der Waals surface area contributed by atoms with Crippen LogP contribution in [0.2, 0.25) is 0 Å². The Morgan fingerprint density at radius 2 is 1.77 bits per heavy atom. The van der Waals surface area contributed by atoms with Crippen LogP contribution in [-0.4, -0.2) is 63.8 Å². The second-order valence-electron chi connectivity index (χ2n) is 8.68. The molecule has 5 rings (SSSR count). The molecule has 8 nitrogen and oxygen atoms in total. The third kappa shape index (κ3) is 4.56. The number of methoxy groups -OCH3 is 1. The fourth-order valence-electron chi connectivity index (χ4n) is 4.60. The summed E-state index contributed by atoms with van der Waals surface area (Å²) in [5.41, 5.74) is 2.39. The van der Waals surface area contributed by atoms with Gasteiger partial charge in [0.2, 0.25) is 0 Å². The Morgan fingerprint density at radius 1 is 0.971 bits per heavy atom. The molecule has 4 aromatic rings. The molecule has 3 heterocycles. The van der Waals surface area contributed by atoms with Gasteiger partial charge in [0.05, 0.1) is 29.9 Å². The average molecular weight is 471 g/mol. The minimum Gasteiger partial charge on any atom is -0.496 e. The van der Waals surface area contributed by atoms with Crippen molar-refractivity contribution in [2.75, 3.05) is 38.2 Å². The van der Waals surface area contributed by atoms with Gasteiger partial charge in [0.15, 0.2) is 5.65 Å². The zero-order valence-electron chi connectivity index (χ0n) is 20.2. The Morgan fingerprint density at radius 3 is 2.57 bits per heavy atom. The van der Waals surface area contributed by atoms with E-state index in [1.165, 1.54) is 0 Å². The van der Waals surface area contributed by atoms with Gasteiger partial charge < -0.3 is 14.5 Å². The van der Waals surface area contributed by atoms with Crippen LogP contribution in [0.3, 0.4) is 0 Å². The van der Waals surface area contributed by atoms with Gasteiger partial charge in [0.25, 0.3) is 5.91 Å². The van der Waals surface area contributed by atoms with E-state index in [4.69, 9.17) is 14.7 Å². The predicted octanol–water partition coefficient (Wildman–Crippen LogP) is 4.13. The van der Waals surface area contributed by atoms with Crippen molar-refractivity contribution in [2.24, 2.45) is 0 Å². The van der Waals surface area contributed by atoms with E-state index >= 15 is 0 Å². The van der Waals surface area contributed by atoms with Gasteiger partial charge in [0.1, 0.15) is 17.4 Å². The highest BCUT2D eigenvalue weighted by molar-refractivity contribution is 5.97. The summed E-state index contributed by atoms with van der Waals surface area (Å²) in [6.07, 6.45) is 4.47. The van der Waals surface area contributed by atoms with E-state index in [2.05, 4.69) is 16.9 Å². The highest BCUT2D eigenvalue weighted by atomic mass is 16.5. The van der Waals surface area contributed by atoms with Gasteiger partial charge in [-0.05, 0) is 37.1 Å². The number of para-hydroxylation sites is 2. The maximum Gasteiger partial charge on any atom is 0.257 e. The van der Waals surface area contributed by atoms with Gasteiger partial charge >= 0.3 is 0 Å². The van der Waals surface area contributed by atoms with Crippen LogP contribution in [0.25, 0.3) is 16.7 Å². The molecule has 0 bridgehead atoms. The average Bonchev–Trinajstić information content (AvgIpc) is 3.17. The van der Waals surface area contributed by atoms with E-state index in [-0.39, 0.29) is 5.91 Å². The molecule has 0 saturated carbocycles. The van der Waals surface area contributed by atoms with Crippen molar-refractivity contribution in [1.29, 1.82) is 0 Å². The molecular weight excluding hydrogens is 440 g/mol. The molecule has 0 spiro atoms. The summed E-state index contributed by atoms with van der Waals surface area (Å²) < 4.78 is 7.30. The molecule has 0 aliphatic carbocycles. The Hall–Kier alpha value is -3.94. The quantitative estimate of drug-likeness (QED) is 0.422. The smallest absolute Gasteiger partial charge is 0.257 e. The molecule has 0 N–H and O–H groups in total. The lowest BCUT2D eigenvalue weighted by molar-refractivity contribution is 0.0763. The number of hydrogen-bond donors (Lipinski definition) is 0. The first-order chi connectivity index (χ1) is 17.2. The lowest BCUT2D eigenvalue weighted by Gasteiger charge is -2.24. The standard InChI is InChI=1S/C27H30N6O2/c1-3-10-24-29-25(22-19-28-33(26(22)30-24)20-11-5-4-6-12-20)31-15-9-16-32(18-17-31)27(34)21-13-7-8-14-23(21)35-2/h4-8,11-14,19H,3,9-10,15-18H2,1-2H3. The lowest BCUT2D eigenvalue weighted by atomic mass is 10.1. The Bertz CT molecular complexity index is 1320. The van der Waals surface area contributed by atoms with Crippen LogP contribution < -0.4 is 9.64 Å². The van der Waals surface area contributed by atoms with Crippen LogP contribution in [0.1, 0.15) is 35.9 Å². The number of fused-ring (bicyclic) bond motifs is 1. The lowest BCUT2D eigenvalue weighted by Crippen LogP contribution is -2.35. The van der Waals surface area contributed by atoms with Crippen LogP contribution in [-0.2, 0) is 6.42 Å². The molecule has 35 heavy (non-hydrogen) atoms. The number of ether oxygens (including phenoxy) is 1. The highest BCUT2D eigenvalue weighted by Gasteiger charge is 2.25. The molecule has 0 unspecified atom stereocenters. The first-order valence-electron chi connectivity index (χ1n) is 12.2. The molecule has 8 heteroatoms. The van der Waals surface area contributed by atoms with E-state index in [0.717, 1.165) is 54.2 Å². The highest BCUT2D eigenvalue weighted by Crippen LogP contribution is 2.28. The van der Waals surface area contributed by atoms with Crippen molar-refractivity contribution in [1.82, 2.24) is 24.6 Å². The largest absolute Gasteiger partial charge is 0.496 e. The van der Waals surface area contributed by atoms with E-state index in [1.807, 2.05) is 70.4 Å². The number of hydrogen-bond acceptors (Lipinski definition) is 6. The van der Waals surface area contributed by atoms with E-state index in [9.17, 15) is 4.79 Å². The topological polar surface area (TPSA) is 76.4 Å². The number of amides is 1. The minimum absolute atomic E-state index is 0.000652. The second kappa shape index (κ2) is 10.1. The third-order valence-electron chi connectivity index (χ3n) is 6.35. The molecule has 0 atom stereocenters. The third-order valence-corrected chi connectivity index (χ3v) is 6.35.